The van der Waals surface area contributed by atoms with Gasteiger partial charge in [-0.15, -0.1) is 11.3 Å². The Morgan fingerprint density at radius 1 is 1.39 bits per heavy atom. The first-order valence-electron chi connectivity index (χ1n) is 5.85. The minimum Gasteiger partial charge on any atom is -0.306 e. The molecule has 4 heteroatoms. The van der Waals surface area contributed by atoms with Crippen molar-refractivity contribution in [2.45, 2.75) is 19.9 Å². The predicted octanol–water partition coefficient (Wildman–Crippen LogP) is 4.50. The molecule has 96 valence electrons. The van der Waals surface area contributed by atoms with Crippen LogP contribution in [0, 0.1) is 16.3 Å². The molecule has 1 heterocycles. The Kier molecular flexibility index (Phi) is 4.75. The average molecular weight is 375 g/mol. The lowest BCUT2D eigenvalue weighted by Crippen LogP contribution is -2.22. The third-order valence-electron chi connectivity index (χ3n) is 2.77. The van der Waals surface area contributed by atoms with Crippen LogP contribution in [-0.4, -0.2) is 6.54 Å². The molecule has 1 atom stereocenters. The highest BCUT2D eigenvalue weighted by Gasteiger charge is 2.17. The molecule has 0 bridgehead atoms. The lowest BCUT2D eigenvalue weighted by molar-refractivity contribution is 0.611. The number of benzene rings is 1. The van der Waals surface area contributed by atoms with Crippen LogP contribution in [0.25, 0.3) is 0 Å². The highest BCUT2D eigenvalue weighted by Crippen LogP contribution is 2.29. The standard InChI is InChI=1S/C14H15FINS/c1-3-17-14(10-6-9(2)18-8-10)12-5-4-11(15)7-13(12)16/h4-8,14,17H,3H2,1-2H3. The van der Waals surface area contributed by atoms with Gasteiger partial charge in [-0.2, -0.15) is 0 Å². The lowest BCUT2D eigenvalue weighted by Gasteiger charge is -2.19. The first-order valence-corrected chi connectivity index (χ1v) is 7.81. The van der Waals surface area contributed by atoms with Crippen molar-refractivity contribution in [2.75, 3.05) is 6.54 Å². The molecule has 1 unspecified atom stereocenters. The Balaban J connectivity index is 2.41. The summed E-state index contributed by atoms with van der Waals surface area (Å²) in [6.07, 6.45) is 0. The molecule has 0 aliphatic heterocycles. The van der Waals surface area contributed by atoms with Crippen LogP contribution < -0.4 is 5.32 Å². The Hall–Kier alpha value is -0.460. The number of rotatable bonds is 4. The van der Waals surface area contributed by atoms with Crippen LogP contribution in [0.15, 0.2) is 29.6 Å². The van der Waals surface area contributed by atoms with Gasteiger partial charge in [0.2, 0.25) is 0 Å². The molecule has 0 spiro atoms. The van der Waals surface area contributed by atoms with Gasteiger partial charge in [-0.25, -0.2) is 4.39 Å². The predicted molar refractivity (Wildman–Crippen MR) is 83.7 cm³/mol. The smallest absolute Gasteiger partial charge is 0.124 e. The second-order valence-electron chi connectivity index (χ2n) is 4.15. The summed E-state index contributed by atoms with van der Waals surface area (Å²) in [4.78, 5) is 1.30. The Labute approximate surface area is 125 Å². The molecule has 18 heavy (non-hydrogen) atoms. The van der Waals surface area contributed by atoms with Crippen LogP contribution in [0.3, 0.4) is 0 Å². The van der Waals surface area contributed by atoms with E-state index in [4.69, 9.17) is 0 Å². The zero-order valence-electron chi connectivity index (χ0n) is 10.3. The van der Waals surface area contributed by atoms with Gasteiger partial charge in [-0.05, 0) is 70.8 Å². The number of aryl methyl sites for hydroxylation is 1. The molecule has 1 aromatic heterocycles. The summed E-state index contributed by atoms with van der Waals surface area (Å²) in [6.45, 7) is 5.07. The summed E-state index contributed by atoms with van der Waals surface area (Å²) < 4.78 is 14.1. The zero-order chi connectivity index (χ0) is 13.1. The maximum absolute atomic E-state index is 13.2. The molecule has 0 aliphatic rings. The molecule has 2 rings (SSSR count). The van der Waals surface area contributed by atoms with Crippen LogP contribution >= 0.6 is 33.9 Å². The fraction of sp³-hybridized carbons (Fsp3) is 0.286. The van der Waals surface area contributed by atoms with Crippen LogP contribution in [0.2, 0.25) is 0 Å². The fourth-order valence-electron chi connectivity index (χ4n) is 1.96. The number of nitrogens with one attached hydrogen (secondary N) is 1. The first-order chi connectivity index (χ1) is 8.61. The third-order valence-corrected chi connectivity index (χ3v) is 4.58. The lowest BCUT2D eigenvalue weighted by atomic mass is 10.0. The van der Waals surface area contributed by atoms with Crippen molar-refractivity contribution >= 4 is 33.9 Å². The Morgan fingerprint density at radius 2 is 2.17 bits per heavy atom. The van der Waals surface area contributed by atoms with Crippen LogP contribution in [0.5, 0.6) is 0 Å². The molecular formula is C14H15FINS. The van der Waals surface area contributed by atoms with E-state index >= 15 is 0 Å². The van der Waals surface area contributed by atoms with Crippen molar-refractivity contribution in [2.24, 2.45) is 0 Å². The van der Waals surface area contributed by atoms with E-state index in [1.165, 1.54) is 16.5 Å². The van der Waals surface area contributed by atoms with Crippen molar-refractivity contribution in [3.05, 3.63) is 55.0 Å². The monoisotopic (exact) mass is 375 g/mol. The normalized spacial score (nSPS) is 12.7. The molecule has 0 saturated heterocycles. The SMILES string of the molecule is CCNC(c1csc(C)c1)c1ccc(F)cc1I. The maximum atomic E-state index is 13.2. The molecule has 1 nitrogen and oxygen atoms in total. The van der Waals surface area contributed by atoms with Gasteiger partial charge in [0, 0.05) is 8.45 Å². The zero-order valence-corrected chi connectivity index (χ0v) is 13.3. The highest BCUT2D eigenvalue weighted by atomic mass is 127. The van der Waals surface area contributed by atoms with Crippen LogP contribution in [0.4, 0.5) is 4.39 Å². The van der Waals surface area contributed by atoms with Crippen LogP contribution in [0.1, 0.15) is 29.0 Å². The summed E-state index contributed by atoms with van der Waals surface area (Å²) in [5, 5.41) is 5.64. The Morgan fingerprint density at radius 3 is 2.72 bits per heavy atom. The van der Waals surface area contributed by atoms with Crippen molar-refractivity contribution in [1.82, 2.24) is 5.32 Å². The van der Waals surface area contributed by atoms with E-state index in [0.717, 1.165) is 15.7 Å². The molecule has 1 aromatic carbocycles. The molecule has 0 amide bonds. The molecule has 2 aromatic rings. The van der Waals surface area contributed by atoms with Crippen molar-refractivity contribution < 1.29 is 4.39 Å². The molecular weight excluding hydrogens is 360 g/mol. The number of thiophene rings is 1. The summed E-state index contributed by atoms with van der Waals surface area (Å²) >= 11 is 3.94. The molecule has 0 fully saturated rings. The van der Waals surface area contributed by atoms with Crippen molar-refractivity contribution in [3.63, 3.8) is 0 Å². The third kappa shape index (κ3) is 3.10. The summed E-state index contributed by atoms with van der Waals surface area (Å²) in [7, 11) is 0. The molecule has 0 radical (unpaired) electrons. The van der Waals surface area contributed by atoms with Gasteiger partial charge in [0.05, 0.1) is 6.04 Å². The highest BCUT2D eigenvalue weighted by molar-refractivity contribution is 14.1. The topological polar surface area (TPSA) is 12.0 Å². The van der Waals surface area contributed by atoms with Gasteiger partial charge in [-0.3, -0.25) is 0 Å². The van der Waals surface area contributed by atoms with Gasteiger partial charge in [0.1, 0.15) is 5.82 Å². The van der Waals surface area contributed by atoms with E-state index in [-0.39, 0.29) is 11.9 Å². The van der Waals surface area contributed by atoms with Crippen LogP contribution in [-0.2, 0) is 0 Å². The number of hydrogen-bond acceptors (Lipinski definition) is 2. The minimum absolute atomic E-state index is 0.146. The van der Waals surface area contributed by atoms with E-state index in [1.807, 2.05) is 6.07 Å². The second kappa shape index (κ2) is 6.12. The fourth-order valence-corrected chi connectivity index (χ4v) is 3.48. The van der Waals surface area contributed by atoms with E-state index in [9.17, 15) is 4.39 Å². The summed E-state index contributed by atoms with van der Waals surface area (Å²) in [6, 6.07) is 7.32. The van der Waals surface area contributed by atoms with E-state index in [1.54, 1.807) is 17.4 Å². The van der Waals surface area contributed by atoms with Gasteiger partial charge < -0.3 is 5.32 Å². The van der Waals surface area contributed by atoms with E-state index in [0.29, 0.717) is 0 Å². The Bertz CT molecular complexity index is 538. The quantitative estimate of drug-likeness (QED) is 0.776. The average Bonchev–Trinajstić information content (AvgIpc) is 2.73. The first kappa shape index (κ1) is 14.0. The van der Waals surface area contributed by atoms with Gasteiger partial charge >= 0.3 is 0 Å². The van der Waals surface area contributed by atoms with E-state index in [2.05, 4.69) is 53.2 Å². The van der Waals surface area contributed by atoms with Gasteiger partial charge in [0.15, 0.2) is 0 Å². The largest absolute Gasteiger partial charge is 0.306 e. The van der Waals surface area contributed by atoms with Crippen molar-refractivity contribution in [3.8, 4) is 0 Å². The summed E-state index contributed by atoms with van der Waals surface area (Å²) in [5.74, 6) is -0.181. The maximum Gasteiger partial charge on any atom is 0.124 e. The minimum atomic E-state index is -0.181. The summed E-state index contributed by atoms with van der Waals surface area (Å²) in [5.41, 5.74) is 2.39. The van der Waals surface area contributed by atoms with E-state index < -0.39 is 0 Å². The second-order valence-corrected chi connectivity index (χ2v) is 6.42. The molecule has 0 saturated carbocycles. The number of hydrogen-bond donors (Lipinski definition) is 1. The van der Waals surface area contributed by atoms with Gasteiger partial charge in [-0.1, -0.05) is 13.0 Å². The molecule has 1 N–H and O–H groups in total. The number of halogens is 2. The molecule has 0 aliphatic carbocycles. The van der Waals surface area contributed by atoms with Crippen molar-refractivity contribution in [1.29, 1.82) is 0 Å². The van der Waals surface area contributed by atoms with Gasteiger partial charge in [0.25, 0.3) is 0 Å².